The van der Waals surface area contributed by atoms with Gasteiger partial charge in [0.15, 0.2) is 5.96 Å². The van der Waals surface area contributed by atoms with Gasteiger partial charge in [0.1, 0.15) is 0 Å². The summed E-state index contributed by atoms with van der Waals surface area (Å²) in [6, 6.07) is 0.604. The Morgan fingerprint density at radius 3 is 2.86 bits per heavy atom. The summed E-state index contributed by atoms with van der Waals surface area (Å²) in [5.74, 6) is 1.76. The SMILES string of the molecule is CCN1CCCC(CNC(=NC)NC2CCC(SC)C2)C1. The largest absolute Gasteiger partial charge is 0.356 e. The van der Waals surface area contributed by atoms with Crippen molar-refractivity contribution in [1.82, 2.24) is 15.5 Å². The van der Waals surface area contributed by atoms with Crippen LogP contribution in [0.2, 0.25) is 0 Å². The zero-order chi connectivity index (χ0) is 15.1. The number of rotatable bonds is 5. The molecule has 4 nitrogen and oxygen atoms in total. The van der Waals surface area contributed by atoms with Gasteiger partial charge in [-0.25, -0.2) is 0 Å². The maximum atomic E-state index is 4.40. The van der Waals surface area contributed by atoms with E-state index >= 15 is 0 Å². The molecule has 2 aliphatic rings. The Labute approximate surface area is 134 Å². The van der Waals surface area contributed by atoms with Crippen LogP contribution in [0, 0.1) is 5.92 Å². The van der Waals surface area contributed by atoms with Gasteiger partial charge in [-0.2, -0.15) is 11.8 Å². The van der Waals surface area contributed by atoms with Crippen LogP contribution in [-0.2, 0) is 0 Å². The fraction of sp³-hybridized carbons (Fsp3) is 0.938. The molecule has 21 heavy (non-hydrogen) atoms. The molecule has 5 heteroatoms. The van der Waals surface area contributed by atoms with Gasteiger partial charge in [-0.05, 0) is 57.4 Å². The first-order chi connectivity index (χ1) is 10.2. The van der Waals surface area contributed by atoms with Crippen molar-refractivity contribution in [3.05, 3.63) is 0 Å². The molecule has 1 aliphatic carbocycles. The van der Waals surface area contributed by atoms with Crippen molar-refractivity contribution in [1.29, 1.82) is 0 Å². The third-order valence-corrected chi connectivity index (χ3v) is 5.99. The third-order valence-electron chi connectivity index (χ3n) is 4.89. The van der Waals surface area contributed by atoms with Crippen LogP contribution < -0.4 is 10.6 Å². The van der Waals surface area contributed by atoms with Crippen molar-refractivity contribution in [2.45, 2.75) is 50.3 Å². The van der Waals surface area contributed by atoms with Gasteiger partial charge >= 0.3 is 0 Å². The summed E-state index contributed by atoms with van der Waals surface area (Å²) < 4.78 is 0. The molecular weight excluding hydrogens is 280 g/mol. The molecule has 0 aromatic heterocycles. The first kappa shape index (κ1) is 16.9. The average Bonchev–Trinajstić information content (AvgIpc) is 2.99. The number of likely N-dealkylation sites (tertiary alicyclic amines) is 1. The minimum absolute atomic E-state index is 0.604. The van der Waals surface area contributed by atoms with Crippen molar-refractivity contribution >= 4 is 17.7 Å². The number of hydrogen-bond acceptors (Lipinski definition) is 3. The van der Waals surface area contributed by atoms with Crippen LogP contribution in [0.15, 0.2) is 4.99 Å². The molecule has 0 radical (unpaired) electrons. The molecule has 3 unspecified atom stereocenters. The molecule has 1 saturated heterocycles. The van der Waals surface area contributed by atoms with E-state index in [4.69, 9.17) is 0 Å². The Kier molecular flexibility index (Phi) is 7.17. The summed E-state index contributed by atoms with van der Waals surface area (Å²) >= 11 is 2.00. The lowest BCUT2D eigenvalue weighted by atomic mass is 9.98. The van der Waals surface area contributed by atoms with Crippen molar-refractivity contribution in [2.75, 3.05) is 39.5 Å². The zero-order valence-electron chi connectivity index (χ0n) is 13.9. The Bertz CT molecular complexity index is 334. The van der Waals surface area contributed by atoms with E-state index in [1.807, 2.05) is 18.8 Å². The predicted molar refractivity (Wildman–Crippen MR) is 94.3 cm³/mol. The number of nitrogens with one attached hydrogen (secondary N) is 2. The van der Waals surface area contributed by atoms with Crippen molar-refractivity contribution in [3.8, 4) is 0 Å². The zero-order valence-corrected chi connectivity index (χ0v) is 14.7. The van der Waals surface area contributed by atoms with Gasteiger partial charge in [-0.15, -0.1) is 0 Å². The fourth-order valence-corrected chi connectivity index (χ4v) is 4.32. The van der Waals surface area contributed by atoms with Crippen molar-refractivity contribution in [3.63, 3.8) is 0 Å². The smallest absolute Gasteiger partial charge is 0.191 e. The summed E-state index contributed by atoms with van der Waals surface area (Å²) in [6.45, 7) is 7.01. The molecule has 1 saturated carbocycles. The highest BCUT2D eigenvalue weighted by Gasteiger charge is 2.25. The first-order valence-corrected chi connectivity index (χ1v) is 9.76. The lowest BCUT2D eigenvalue weighted by molar-refractivity contribution is 0.183. The molecule has 3 atom stereocenters. The summed E-state index contributed by atoms with van der Waals surface area (Å²) in [4.78, 5) is 6.96. The van der Waals surface area contributed by atoms with E-state index < -0.39 is 0 Å². The number of nitrogens with zero attached hydrogens (tertiary/aromatic N) is 2. The second-order valence-electron chi connectivity index (χ2n) is 6.37. The standard InChI is InChI=1S/C16H32N4S/c1-4-20-9-5-6-13(12-20)11-18-16(17-2)19-14-7-8-15(10-14)21-3/h13-15H,4-12H2,1-3H3,(H2,17,18,19). The number of piperidine rings is 1. The van der Waals surface area contributed by atoms with Gasteiger partial charge in [-0.1, -0.05) is 6.92 Å². The fourth-order valence-electron chi connectivity index (χ4n) is 3.52. The van der Waals surface area contributed by atoms with Gasteiger partial charge in [-0.3, -0.25) is 4.99 Å². The van der Waals surface area contributed by atoms with Crippen molar-refractivity contribution < 1.29 is 0 Å². The first-order valence-electron chi connectivity index (χ1n) is 8.47. The molecule has 0 aromatic carbocycles. The predicted octanol–water partition coefficient (Wildman–Crippen LogP) is 2.17. The van der Waals surface area contributed by atoms with E-state index in [1.54, 1.807) is 0 Å². The van der Waals surface area contributed by atoms with Crippen LogP contribution in [0.25, 0.3) is 0 Å². The highest BCUT2D eigenvalue weighted by Crippen LogP contribution is 2.28. The van der Waals surface area contributed by atoms with Crippen LogP contribution in [0.3, 0.4) is 0 Å². The highest BCUT2D eigenvalue weighted by atomic mass is 32.2. The number of guanidine groups is 1. The molecule has 1 heterocycles. The molecule has 2 fully saturated rings. The summed E-state index contributed by atoms with van der Waals surface area (Å²) in [5.41, 5.74) is 0. The van der Waals surface area contributed by atoms with Gasteiger partial charge in [0.25, 0.3) is 0 Å². The van der Waals surface area contributed by atoms with E-state index in [0.29, 0.717) is 6.04 Å². The van der Waals surface area contributed by atoms with Gasteiger partial charge in [0.2, 0.25) is 0 Å². The van der Waals surface area contributed by atoms with E-state index in [1.165, 1.54) is 51.7 Å². The minimum Gasteiger partial charge on any atom is -0.356 e. The maximum absolute atomic E-state index is 4.40. The van der Waals surface area contributed by atoms with Crippen LogP contribution in [0.4, 0.5) is 0 Å². The molecular formula is C16H32N4S. The molecule has 0 bridgehead atoms. The van der Waals surface area contributed by atoms with E-state index in [2.05, 4.69) is 33.7 Å². The second kappa shape index (κ2) is 8.89. The Balaban J connectivity index is 1.70. The van der Waals surface area contributed by atoms with Crippen LogP contribution in [0.5, 0.6) is 0 Å². The highest BCUT2D eigenvalue weighted by molar-refractivity contribution is 7.99. The molecule has 2 rings (SSSR count). The third kappa shape index (κ3) is 5.37. The molecule has 1 aliphatic heterocycles. The molecule has 0 aromatic rings. The van der Waals surface area contributed by atoms with Gasteiger partial charge < -0.3 is 15.5 Å². The summed E-state index contributed by atoms with van der Waals surface area (Å²) in [6.07, 6.45) is 8.80. The van der Waals surface area contributed by atoms with E-state index in [0.717, 1.165) is 23.7 Å². The molecule has 122 valence electrons. The van der Waals surface area contributed by atoms with Crippen LogP contribution >= 0.6 is 11.8 Å². The lowest BCUT2D eigenvalue weighted by Crippen LogP contribution is -2.46. The Hall–Kier alpha value is -0.420. The maximum Gasteiger partial charge on any atom is 0.191 e. The van der Waals surface area contributed by atoms with Crippen molar-refractivity contribution in [2.24, 2.45) is 10.9 Å². The van der Waals surface area contributed by atoms with Crippen LogP contribution in [0.1, 0.15) is 39.0 Å². The topological polar surface area (TPSA) is 39.7 Å². The van der Waals surface area contributed by atoms with E-state index in [9.17, 15) is 0 Å². The summed E-state index contributed by atoms with van der Waals surface area (Å²) in [7, 11) is 1.88. The second-order valence-corrected chi connectivity index (χ2v) is 7.50. The van der Waals surface area contributed by atoms with E-state index in [-0.39, 0.29) is 0 Å². The number of aliphatic imine (C=N–C) groups is 1. The minimum atomic E-state index is 0.604. The normalized spacial score (nSPS) is 31.4. The quantitative estimate of drug-likeness (QED) is 0.603. The Morgan fingerprint density at radius 1 is 1.33 bits per heavy atom. The summed E-state index contributed by atoms with van der Waals surface area (Å²) in [5, 5.41) is 7.99. The molecule has 0 amide bonds. The average molecular weight is 313 g/mol. The monoisotopic (exact) mass is 312 g/mol. The van der Waals surface area contributed by atoms with Gasteiger partial charge in [0.05, 0.1) is 0 Å². The lowest BCUT2D eigenvalue weighted by Gasteiger charge is -2.32. The number of hydrogen-bond donors (Lipinski definition) is 2. The number of thioether (sulfide) groups is 1. The Morgan fingerprint density at radius 2 is 2.19 bits per heavy atom. The molecule has 2 N–H and O–H groups in total. The molecule has 0 spiro atoms. The van der Waals surface area contributed by atoms with Gasteiger partial charge in [0, 0.05) is 31.4 Å². The van der Waals surface area contributed by atoms with Crippen LogP contribution in [-0.4, -0.2) is 61.6 Å².